The predicted octanol–water partition coefficient (Wildman–Crippen LogP) is 3.88. The van der Waals surface area contributed by atoms with E-state index in [9.17, 15) is 14.0 Å². The summed E-state index contributed by atoms with van der Waals surface area (Å²) in [7, 11) is 0. The normalized spacial score (nSPS) is 11.1. The van der Waals surface area contributed by atoms with Crippen LogP contribution in [0.2, 0.25) is 0 Å². The van der Waals surface area contributed by atoms with E-state index in [-0.39, 0.29) is 29.6 Å². The summed E-state index contributed by atoms with van der Waals surface area (Å²) in [6, 6.07) is 15.6. The maximum Gasteiger partial charge on any atom is 0.283 e. The Kier molecular flexibility index (Phi) is 5.90. The van der Waals surface area contributed by atoms with E-state index in [4.69, 9.17) is 0 Å². The molecule has 8 heteroatoms. The largest absolute Gasteiger partial charge is 0.353 e. The molecule has 0 aliphatic carbocycles. The Morgan fingerprint density at radius 3 is 2.65 bits per heavy atom. The van der Waals surface area contributed by atoms with Crippen LogP contribution >= 0.6 is 11.8 Å². The molecule has 2 N–H and O–H groups in total. The zero-order valence-electron chi connectivity index (χ0n) is 17.1. The molecule has 0 unspecified atom stereocenters. The van der Waals surface area contributed by atoms with E-state index in [1.165, 1.54) is 10.6 Å². The maximum atomic E-state index is 13.7. The van der Waals surface area contributed by atoms with Crippen molar-refractivity contribution < 1.29 is 9.18 Å². The minimum Gasteiger partial charge on any atom is -0.353 e. The lowest BCUT2D eigenvalue weighted by atomic mass is 10.2. The van der Waals surface area contributed by atoms with Crippen molar-refractivity contribution in [3.63, 3.8) is 0 Å². The van der Waals surface area contributed by atoms with Crippen LogP contribution in [-0.4, -0.2) is 26.2 Å². The van der Waals surface area contributed by atoms with E-state index < -0.39 is 0 Å². The van der Waals surface area contributed by atoms with Crippen molar-refractivity contribution in [1.29, 1.82) is 0 Å². The van der Waals surface area contributed by atoms with Gasteiger partial charge in [0.15, 0.2) is 5.16 Å². The first kappa shape index (κ1) is 20.9. The molecule has 4 rings (SSSR count). The molecular formula is C23H21FN4O2S. The van der Waals surface area contributed by atoms with Gasteiger partial charge in [0.25, 0.3) is 5.56 Å². The first-order valence-corrected chi connectivity index (χ1v) is 10.7. The number of rotatable bonds is 6. The van der Waals surface area contributed by atoms with E-state index >= 15 is 0 Å². The fraction of sp³-hybridized carbons (Fsp3) is 0.174. The number of aryl methyl sites for hydroxylation is 2. The lowest BCUT2D eigenvalue weighted by molar-refractivity contribution is -0.118. The molecule has 0 aliphatic heterocycles. The van der Waals surface area contributed by atoms with Crippen LogP contribution in [-0.2, 0) is 11.3 Å². The molecule has 0 spiro atoms. The molecule has 0 saturated heterocycles. The smallest absolute Gasteiger partial charge is 0.283 e. The minimum absolute atomic E-state index is 0.0433. The number of hydrogen-bond acceptors (Lipinski definition) is 4. The van der Waals surface area contributed by atoms with Gasteiger partial charge in [-0.25, -0.2) is 9.37 Å². The summed E-state index contributed by atoms with van der Waals surface area (Å²) in [5, 5.41) is 3.13. The van der Waals surface area contributed by atoms with Crippen LogP contribution in [0, 0.1) is 19.7 Å². The van der Waals surface area contributed by atoms with Crippen molar-refractivity contribution in [3.8, 4) is 5.69 Å². The maximum absolute atomic E-state index is 13.7. The van der Waals surface area contributed by atoms with Crippen LogP contribution in [0.4, 0.5) is 4.39 Å². The molecule has 0 aliphatic rings. The van der Waals surface area contributed by atoms with Crippen molar-refractivity contribution in [2.24, 2.45) is 0 Å². The van der Waals surface area contributed by atoms with Gasteiger partial charge < -0.3 is 10.3 Å². The highest BCUT2D eigenvalue weighted by molar-refractivity contribution is 7.99. The number of benzene rings is 2. The van der Waals surface area contributed by atoms with Gasteiger partial charge in [0.2, 0.25) is 5.91 Å². The fourth-order valence-electron chi connectivity index (χ4n) is 3.21. The van der Waals surface area contributed by atoms with E-state index in [2.05, 4.69) is 15.3 Å². The Hall–Kier alpha value is -3.39. The molecule has 0 fully saturated rings. The van der Waals surface area contributed by atoms with Crippen LogP contribution in [0.25, 0.3) is 16.7 Å². The molecule has 4 aromatic rings. The Morgan fingerprint density at radius 1 is 1.16 bits per heavy atom. The lowest BCUT2D eigenvalue weighted by Crippen LogP contribution is -2.26. The number of carbonyl (C=O) groups is 1. The molecule has 0 saturated carbocycles. The molecule has 0 atom stereocenters. The van der Waals surface area contributed by atoms with Crippen LogP contribution < -0.4 is 10.9 Å². The number of H-pyrrole nitrogens is 1. The molecule has 31 heavy (non-hydrogen) atoms. The van der Waals surface area contributed by atoms with Gasteiger partial charge in [0, 0.05) is 17.8 Å². The number of carbonyl (C=O) groups excluding carboxylic acids is 1. The van der Waals surface area contributed by atoms with Gasteiger partial charge in [-0.3, -0.25) is 14.2 Å². The zero-order valence-corrected chi connectivity index (χ0v) is 17.9. The van der Waals surface area contributed by atoms with Gasteiger partial charge in [-0.15, -0.1) is 0 Å². The van der Waals surface area contributed by atoms with Gasteiger partial charge in [0.05, 0.1) is 17.0 Å². The molecule has 2 aromatic heterocycles. The summed E-state index contributed by atoms with van der Waals surface area (Å²) in [5.41, 5.74) is 3.75. The van der Waals surface area contributed by atoms with E-state index in [1.807, 2.05) is 38.1 Å². The number of aromatic amines is 1. The number of fused-ring (bicyclic) bond motifs is 1. The summed E-state index contributed by atoms with van der Waals surface area (Å²) in [4.78, 5) is 33.2. The average molecular weight is 437 g/mol. The van der Waals surface area contributed by atoms with Crippen molar-refractivity contribution >= 4 is 28.7 Å². The summed E-state index contributed by atoms with van der Waals surface area (Å²) in [6.07, 6.45) is 0. The standard InChI is InChI=1S/C23H21FN4O2S/c1-14-7-9-17(10-8-14)28-22(30)21-19(11-15(2)26-21)27-23(28)31-13-20(29)25-12-16-5-3-4-6-18(16)24/h3-11,26H,12-13H2,1-2H3,(H,25,29). The van der Waals surface area contributed by atoms with Gasteiger partial charge in [0.1, 0.15) is 11.3 Å². The average Bonchev–Trinajstić information content (AvgIpc) is 3.13. The Morgan fingerprint density at radius 2 is 1.90 bits per heavy atom. The summed E-state index contributed by atoms with van der Waals surface area (Å²) < 4.78 is 15.3. The fourth-order valence-corrected chi connectivity index (χ4v) is 4.06. The topological polar surface area (TPSA) is 79.8 Å². The number of nitrogens with zero attached hydrogens (tertiary/aromatic N) is 2. The molecule has 0 radical (unpaired) electrons. The third kappa shape index (κ3) is 4.54. The first-order chi connectivity index (χ1) is 14.9. The number of hydrogen-bond donors (Lipinski definition) is 2. The quantitative estimate of drug-likeness (QED) is 0.355. The monoisotopic (exact) mass is 436 g/mol. The van der Waals surface area contributed by atoms with Crippen LogP contribution in [0.3, 0.4) is 0 Å². The number of thioether (sulfide) groups is 1. The molecule has 1 amide bonds. The first-order valence-electron chi connectivity index (χ1n) is 9.74. The molecule has 2 aromatic carbocycles. The number of halogens is 1. The minimum atomic E-state index is -0.362. The molecule has 2 heterocycles. The van der Waals surface area contributed by atoms with Gasteiger partial charge >= 0.3 is 0 Å². The van der Waals surface area contributed by atoms with Crippen molar-refractivity contribution in [1.82, 2.24) is 19.9 Å². The van der Waals surface area contributed by atoms with Crippen LogP contribution in [0.1, 0.15) is 16.8 Å². The molecule has 158 valence electrons. The Balaban J connectivity index is 1.59. The highest BCUT2D eigenvalue weighted by atomic mass is 32.2. The molecular weight excluding hydrogens is 415 g/mol. The SMILES string of the molecule is Cc1ccc(-n2c(SCC(=O)NCc3ccccc3F)nc3cc(C)[nH]c3c2=O)cc1. The molecule has 6 nitrogen and oxygen atoms in total. The molecule has 0 bridgehead atoms. The highest BCUT2D eigenvalue weighted by Gasteiger charge is 2.16. The van der Waals surface area contributed by atoms with Gasteiger partial charge in [-0.2, -0.15) is 0 Å². The van der Waals surface area contributed by atoms with Crippen molar-refractivity contribution in [3.05, 3.63) is 87.6 Å². The van der Waals surface area contributed by atoms with E-state index in [0.29, 0.717) is 27.4 Å². The summed E-state index contributed by atoms with van der Waals surface area (Å²) in [5.74, 6) is -0.594. The Bertz CT molecular complexity index is 1310. The van der Waals surface area contributed by atoms with Crippen molar-refractivity contribution in [2.75, 3.05) is 5.75 Å². The van der Waals surface area contributed by atoms with Crippen molar-refractivity contribution in [2.45, 2.75) is 25.5 Å². The lowest BCUT2D eigenvalue weighted by Gasteiger charge is -2.12. The summed E-state index contributed by atoms with van der Waals surface area (Å²) in [6.45, 7) is 3.93. The predicted molar refractivity (Wildman–Crippen MR) is 120 cm³/mol. The van der Waals surface area contributed by atoms with E-state index in [1.54, 1.807) is 24.3 Å². The zero-order chi connectivity index (χ0) is 22.0. The van der Waals surface area contributed by atoms with E-state index in [0.717, 1.165) is 23.0 Å². The second-order valence-corrected chi connectivity index (χ2v) is 8.18. The third-order valence-electron chi connectivity index (χ3n) is 4.81. The summed E-state index contributed by atoms with van der Waals surface area (Å²) >= 11 is 1.16. The second kappa shape index (κ2) is 8.77. The third-order valence-corrected chi connectivity index (χ3v) is 5.75. The number of aromatic nitrogens is 3. The van der Waals surface area contributed by atoms with Gasteiger partial charge in [-0.1, -0.05) is 47.7 Å². The Labute approximate surface area is 182 Å². The van der Waals surface area contributed by atoms with Crippen LogP contribution in [0.5, 0.6) is 0 Å². The second-order valence-electron chi connectivity index (χ2n) is 7.24. The number of nitrogens with one attached hydrogen (secondary N) is 2. The van der Waals surface area contributed by atoms with Crippen LogP contribution in [0.15, 0.2) is 64.5 Å². The highest BCUT2D eigenvalue weighted by Crippen LogP contribution is 2.22. The number of amides is 1. The van der Waals surface area contributed by atoms with Gasteiger partial charge in [-0.05, 0) is 38.1 Å².